The van der Waals surface area contributed by atoms with E-state index in [0.717, 1.165) is 5.69 Å². The molecule has 0 saturated heterocycles. The van der Waals surface area contributed by atoms with Gasteiger partial charge in [0.2, 0.25) is 5.91 Å². The summed E-state index contributed by atoms with van der Waals surface area (Å²) in [6.07, 6.45) is 0.945. The topological polar surface area (TPSA) is 60.5 Å². The van der Waals surface area contributed by atoms with Gasteiger partial charge in [-0.05, 0) is 6.42 Å². The number of rotatable bonds is 6. The van der Waals surface area contributed by atoms with Crippen molar-refractivity contribution in [2.75, 3.05) is 19.5 Å². The summed E-state index contributed by atoms with van der Waals surface area (Å²) in [7, 11) is 3.03. The second kappa shape index (κ2) is 7.28. The van der Waals surface area contributed by atoms with E-state index in [4.69, 9.17) is 21.1 Å². The largest absolute Gasteiger partial charge is 0.495 e. The summed E-state index contributed by atoms with van der Waals surface area (Å²) in [6, 6.07) is 3.25. The van der Waals surface area contributed by atoms with Crippen LogP contribution in [0.3, 0.4) is 0 Å². The molecule has 0 saturated carbocycles. The van der Waals surface area contributed by atoms with Crippen molar-refractivity contribution < 1.29 is 14.3 Å². The Kier molecular flexibility index (Phi) is 5.41. The third kappa shape index (κ3) is 4.09. The Hall–Kier alpha value is -1.79. The van der Waals surface area contributed by atoms with Crippen molar-refractivity contribution in [3.8, 4) is 11.5 Å². The van der Waals surface area contributed by atoms with Crippen molar-refractivity contribution in [3.05, 3.63) is 33.7 Å². The molecular formula is C14H15ClN2O3S. The number of halogens is 1. The zero-order valence-corrected chi connectivity index (χ0v) is 13.3. The fraction of sp³-hybridized carbons (Fsp3) is 0.286. The molecule has 1 aromatic heterocycles. The second-order valence-electron chi connectivity index (χ2n) is 4.21. The number of benzene rings is 1. The van der Waals surface area contributed by atoms with Gasteiger partial charge in [-0.1, -0.05) is 11.6 Å². The molecule has 1 heterocycles. The first-order valence-corrected chi connectivity index (χ1v) is 7.54. The molecule has 5 nitrogen and oxygen atoms in total. The first-order valence-electron chi connectivity index (χ1n) is 6.22. The summed E-state index contributed by atoms with van der Waals surface area (Å²) >= 11 is 7.53. The van der Waals surface area contributed by atoms with E-state index in [2.05, 4.69) is 10.3 Å². The van der Waals surface area contributed by atoms with Gasteiger partial charge in [0.05, 0.1) is 36.1 Å². The van der Waals surface area contributed by atoms with Crippen LogP contribution in [0, 0.1) is 0 Å². The first-order chi connectivity index (χ1) is 10.1. The number of hydrogen-bond donors (Lipinski definition) is 1. The maximum Gasteiger partial charge on any atom is 0.224 e. The molecule has 112 valence electrons. The third-order valence-corrected chi connectivity index (χ3v) is 3.77. The lowest BCUT2D eigenvalue weighted by atomic mass is 10.2. The zero-order valence-electron chi connectivity index (χ0n) is 11.7. The van der Waals surface area contributed by atoms with Crippen molar-refractivity contribution in [3.63, 3.8) is 0 Å². The van der Waals surface area contributed by atoms with E-state index in [1.54, 1.807) is 17.6 Å². The lowest BCUT2D eigenvalue weighted by Crippen LogP contribution is -2.13. The zero-order chi connectivity index (χ0) is 15.2. The van der Waals surface area contributed by atoms with Crippen LogP contribution in [0.25, 0.3) is 0 Å². The summed E-state index contributed by atoms with van der Waals surface area (Å²) in [5.74, 6) is 0.848. The lowest BCUT2D eigenvalue weighted by Gasteiger charge is -2.13. The summed E-state index contributed by atoms with van der Waals surface area (Å²) < 4.78 is 10.3. The van der Waals surface area contributed by atoms with Crippen LogP contribution < -0.4 is 14.8 Å². The minimum atomic E-state index is -0.120. The maximum absolute atomic E-state index is 12.0. The van der Waals surface area contributed by atoms with Crippen molar-refractivity contribution in [2.24, 2.45) is 0 Å². The first kappa shape index (κ1) is 15.6. The van der Waals surface area contributed by atoms with Crippen LogP contribution in [0.5, 0.6) is 11.5 Å². The van der Waals surface area contributed by atoms with Gasteiger partial charge in [0, 0.05) is 23.9 Å². The van der Waals surface area contributed by atoms with E-state index in [1.165, 1.54) is 25.6 Å². The van der Waals surface area contributed by atoms with Gasteiger partial charge in [0.25, 0.3) is 0 Å². The highest BCUT2D eigenvalue weighted by Crippen LogP contribution is 2.35. The molecule has 21 heavy (non-hydrogen) atoms. The molecule has 0 spiro atoms. The molecule has 1 amide bonds. The summed E-state index contributed by atoms with van der Waals surface area (Å²) in [6.45, 7) is 0. The number of thiazole rings is 1. The van der Waals surface area contributed by atoms with Crippen LogP contribution in [-0.4, -0.2) is 25.1 Å². The van der Waals surface area contributed by atoms with Crippen LogP contribution in [0.2, 0.25) is 5.02 Å². The normalized spacial score (nSPS) is 10.2. The molecule has 0 unspecified atom stereocenters. The van der Waals surface area contributed by atoms with Crippen molar-refractivity contribution in [1.82, 2.24) is 4.98 Å². The van der Waals surface area contributed by atoms with E-state index >= 15 is 0 Å². The molecule has 0 aliphatic carbocycles. The Labute approximate surface area is 131 Å². The van der Waals surface area contributed by atoms with E-state index in [0.29, 0.717) is 35.1 Å². The quantitative estimate of drug-likeness (QED) is 0.884. The van der Waals surface area contributed by atoms with Gasteiger partial charge in [0.15, 0.2) is 0 Å². The average molecular weight is 327 g/mol. The molecule has 7 heteroatoms. The average Bonchev–Trinajstić information content (AvgIpc) is 2.99. The van der Waals surface area contributed by atoms with Gasteiger partial charge in [-0.3, -0.25) is 4.79 Å². The fourth-order valence-electron chi connectivity index (χ4n) is 1.77. The molecule has 0 atom stereocenters. The molecule has 0 bridgehead atoms. The van der Waals surface area contributed by atoms with Gasteiger partial charge in [0.1, 0.15) is 11.5 Å². The van der Waals surface area contributed by atoms with Gasteiger partial charge in [-0.2, -0.15) is 0 Å². The van der Waals surface area contributed by atoms with Crippen LogP contribution >= 0.6 is 22.9 Å². The highest BCUT2D eigenvalue weighted by molar-refractivity contribution is 7.07. The Morgan fingerprint density at radius 3 is 2.71 bits per heavy atom. The molecule has 2 rings (SSSR count). The van der Waals surface area contributed by atoms with Crippen LogP contribution in [0.15, 0.2) is 23.0 Å². The monoisotopic (exact) mass is 326 g/mol. The molecule has 0 radical (unpaired) electrons. The van der Waals surface area contributed by atoms with Crippen LogP contribution in [-0.2, 0) is 11.2 Å². The number of nitrogens with zero attached hydrogens (tertiary/aromatic N) is 1. The summed E-state index contributed by atoms with van der Waals surface area (Å²) in [4.78, 5) is 16.1. The number of aromatic nitrogens is 1. The SMILES string of the molecule is COc1cc(NC(=O)CCc2cscn2)c(OC)cc1Cl. The number of ether oxygens (including phenoxy) is 2. The molecule has 0 aliphatic heterocycles. The Balaban J connectivity index is 2.05. The van der Waals surface area contributed by atoms with Gasteiger partial charge < -0.3 is 14.8 Å². The standard InChI is InChI=1S/C14H15ClN2O3S/c1-19-12-6-11(13(20-2)5-10(12)15)17-14(18)4-3-9-7-21-8-16-9/h5-8H,3-4H2,1-2H3,(H,17,18). The number of hydrogen-bond acceptors (Lipinski definition) is 5. The fourth-order valence-corrected chi connectivity index (χ4v) is 2.60. The number of carbonyl (C=O) groups excluding carboxylic acids is 1. The minimum Gasteiger partial charge on any atom is -0.495 e. The van der Waals surface area contributed by atoms with Crippen molar-refractivity contribution in [1.29, 1.82) is 0 Å². The Morgan fingerprint density at radius 1 is 1.33 bits per heavy atom. The van der Waals surface area contributed by atoms with Crippen LogP contribution in [0.4, 0.5) is 5.69 Å². The maximum atomic E-state index is 12.0. The molecule has 0 aliphatic rings. The van der Waals surface area contributed by atoms with Gasteiger partial charge >= 0.3 is 0 Å². The third-order valence-electron chi connectivity index (χ3n) is 2.84. The molecule has 1 aromatic carbocycles. The molecule has 0 fully saturated rings. The highest BCUT2D eigenvalue weighted by Gasteiger charge is 2.12. The minimum absolute atomic E-state index is 0.120. The van der Waals surface area contributed by atoms with E-state index in [-0.39, 0.29) is 5.91 Å². The number of nitrogens with one attached hydrogen (secondary N) is 1. The Morgan fingerprint density at radius 2 is 2.10 bits per heavy atom. The van der Waals surface area contributed by atoms with Gasteiger partial charge in [-0.25, -0.2) is 4.98 Å². The predicted molar refractivity (Wildman–Crippen MR) is 83.6 cm³/mol. The van der Waals surface area contributed by atoms with Crippen LogP contribution in [0.1, 0.15) is 12.1 Å². The lowest BCUT2D eigenvalue weighted by molar-refractivity contribution is -0.116. The number of aryl methyl sites for hydroxylation is 1. The molecule has 1 N–H and O–H groups in total. The number of carbonyl (C=O) groups is 1. The Bertz CT molecular complexity index is 617. The van der Waals surface area contributed by atoms with Gasteiger partial charge in [-0.15, -0.1) is 11.3 Å². The molecular weight excluding hydrogens is 312 g/mol. The number of anilines is 1. The van der Waals surface area contributed by atoms with E-state index < -0.39 is 0 Å². The molecule has 2 aromatic rings. The highest BCUT2D eigenvalue weighted by atomic mass is 35.5. The van der Waals surface area contributed by atoms with E-state index in [1.807, 2.05) is 5.38 Å². The predicted octanol–water partition coefficient (Wildman–Crippen LogP) is 3.39. The summed E-state index contributed by atoms with van der Waals surface area (Å²) in [5.41, 5.74) is 3.19. The smallest absolute Gasteiger partial charge is 0.224 e. The van der Waals surface area contributed by atoms with Crippen molar-refractivity contribution >= 4 is 34.5 Å². The van der Waals surface area contributed by atoms with E-state index in [9.17, 15) is 4.79 Å². The van der Waals surface area contributed by atoms with Crippen molar-refractivity contribution in [2.45, 2.75) is 12.8 Å². The number of amides is 1. The number of methoxy groups -OCH3 is 2. The second-order valence-corrected chi connectivity index (χ2v) is 5.34. The summed E-state index contributed by atoms with van der Waals surface area (Å²) in [5, 5.41) is 5.15.